The van der Waals surface area contributed by atoms with Crippen molar-refractivity contribution in [1.29, 1.82) is 0 Å². The third-order valence-corrected chi connectivity index (χ3v) is 8.85. The van der Waals surface area contributed by atoms with Crippen LogP contribution in [0.4, 0.5) is 23.1 Å². The van der Waals surface area contributed by atoms with Crippen molar-refractivity contribution in [1.82, 2.24) is 24.6 Å². The van der Waals surface area contributed by atoms with Crippen LogP contribution in [0.25, 0.3) is 0 Å². The minimum absolute atomic E-state index is 0.0146. The third kappa shape index (κ3) is 5.89. The molecule has 1 aliphatic carbocycles. The van der Waals surface area contributed by atoms with Gasteiger partial charge in [0, 0.05) is 32.3 Å². The van der Waals surface area contributed by atoms with Crippen molar-refractivity contribution >= 4 is 44.6 Å². The van der Waals surface area contributed by atoms with Crippen LogP contribution in [0.1, 0.15) is 43.7 Å². The monoisotopic (exact) mass is 559 g/mol. The lowest BCUT2D eigenvalue weighted by Gasteiger charge is -2.37. The van der Waals surface area contributed by atoms with Gasteiger partial charge in [0.15, 0.2) is 15.7 Å². The lowest BCUT2D eigenvalue weighted by Crippen LogP contribution is -2.42. The molecule has 3 aromatic rings. The first-order valence-corrected chi connectivity index (χ1v) is 14.8. The first kappa shape index (κ1) is 26.7. The highest BCUT2D eigenvalue weighted by Crippen LogP contribution is 2.39. The second-order valence-electron chi connectivity index (χ2n) is 10.8. The van der Waals surface area contributed by atoms with Crippen LogP contribution in [-0.2, 0) is 16.9 Å². The van der Waals surface area contributed by atoms with E-state index in [4.69, 9.17) is 16.3 Å². The Labute approximate surface area is 228 Å². The second kappa shape index (κ2) is 10.3. The zero-order valence-corrected chi connectivity index (χ0v) is 23.9. The Balaban J connectivity index is 1.43. The van der Waals surface area contributed by atoms with E-state index in [0.29, 0.717) is 17.6 Å². The molecule has 0 unspecified atom stereocenters. The number of halogens is 1. The van der Waals surface area contributed by atoms with Gasteiger partial charge in [-0.2, -0.15) is 10.1 Å². The number of hydrogen-bond acceptors (Lipinski definition) is 9. The fourth-order valence-electron chi connectivity index (χ4n) is 4.66. The van der Waals surface area contributed by atoms with Crippen molar-refractivity contribution < 1.29 is 13.2 Å². The SMILES string of the molecule is Cc1cc(Nc2ncc(Cl)c(Nc3cn(C)nc3S(=O)(=O)CC(C)C)n2)c(OC2CC2)cc1C1CN(C)C1. The predicted molar refractivity (Wildman–Crippen MR) is 149 cm³/mol. The first-order valence-electron chi connectivity index (χ1n) is 12.8. The smallest absolute Gasteiger partial charge is 0.229 e. The lowest BCUT2D eigenvalue weighted by atomic mass is 9.88. The largest absolute Gasteiger partial charge is 0.488 e. The topological polar surface area (TPSA) is 114 Å². The Morgan fingerprint density at radius 2 is 1.89 bits per heavy atom. The van der Waals surface area contributed by atoms with Crippen molar-refractivity contribution in [3.8, 4) is 5.75 Å². The van der Waals surface area contributed by atoms with Gasteiger partial charge in [0.25, 0.3) is 0 Å². The number of aryl methyl sites for hydroxylation is 2. The van der Waals surface area contributed by atoms with Crippen molar-refractivity contribution in [2.75, 3.05) is 36.5 Å². The van der Waals surface area contributed by atoms with E-state index >= 15 is 0 Å². The minimum atomic E-state index is -3.61. The maximum atomic E-state index is 12.9. The van der Waals surface area contributed by atoms with Gasteiger partial charge in [-0.15, -0.1) is 0 Å². The van der Waals surface area contributed by atoms with Gasteiger partial charge in [-0.1, -0.05) is 25.4 Å². The molecular formula is C26H34ClN7O3S. The van der Waals surface area contributed by atoms with Crippen LogP contribution in [0.15, 0.2) is 29.6 Å². The minimum Gasteiger partial charge on any atom is -0.488 e. The Morgan fingerprint density at radius 1 is 1.16 bits per heavy atom. The number of nitrogens with zero attached hydrogens (tertiary/aromatic N) is 5. The Bertz CT molecular complexity index is 1450. The molecule has 0 radical (unpaired) electrons. The molecule has 1 aromatic carbocycles. The normalized spacial score (nSPS) is 16.5. The van der Waals surface area contributed by atoms with E-state index in [1.807, 2.05) is 13.8 Å². The molecule has 2 fully saturated rings. The molecule has 1 saturated carbocycles. The van der Waals surface area contributed by atoms with Gasteiger partial charge in [0.05, 0.1) is 29.4 Å². The van der Waals surface area contributed by atoms with Gasteiger partial charge in [0.1, 0.15) is 10.8 Å². The second-order valence-corrected chi connectivity index (χ2v) is 13.1. The highest BCUT2D eigenvalue weighted by atomic mass is 35.5. The highest BCUT2D eigenvalue weighted by molar-refractivity contribution is 7.91. The molecule has 0 spiro atoms. The molecule has 1 aliphatic heterocycles. The van der Waals surface area contributed by atoms with Crippen LogP contribution < -0.4 is 15.4 Å². The van der Waals surface area contributed by atoms with Crippen LogP contribution in [0.5, 0.6) is 5.75 Å². The molecule has 12 heteroatoms. The van der Waals surface area contributed by atoms with E-state index in [2.05, 4.69) is 56.7 Å². The lowest BCUT2D eigenvalue weighted by molar-refractivity contribution is 0.189. The number of nitrogens with one attached hydrogen (secondary N) is 2. The molecule has 0 amide bonds. The van der Waals surface area contributed by atoms with Crippen molar-refractivity contribution in [2.24, 2.45) is 13.0 Å². The van der Waals surface area contributed by atoms with Crippen molar-refractivity contribution in [2.45, 2.75) is 50.7 Å². The molecule has 2 N–H and O–H groups in total. The number of benzene rings is 1. The summed E-state index contributed by atoms with van der Waals surface area (Å²) in [4.78, 5) is 11.2. The van der Waals surface area contributed by atoms with Gasteiger partial charge < -0.3 is 20.3 Å². The number of rotatable bonds is 10. The molecule has 2 aliphatic rings. The molecule has 0 bridgehead atoms. The van der Waals surface area contributed by atoms with Crippen LogP contribution in [0, 0.1) is 12.8 Å². The molecule has 0 atom stereocenters. The molecule has 10 nitrogen and oxygen atoms in total. The fraction of sp³-hybridized carbons (Fsp3) is 0.500. The average Bonchev–Trinajstić information content (AvgIpc) is 3.54. The van der Waals surface area contributed by atoms with E-state index < -0.39 is 9.84 Å². The Morgan fingerprint density at radius 3 is 2.55 bits per heavy atom. The summed E-state index contributed by atoms with van der Waals surface area (Å²) in [6.07, 6.45) is 5.40. The average molecular weight is 560 g/mol. The standard InChI is InChI=1S/C26H34ClN7O3S/c1-15(2)14-38(35,36)25-22(13-34(5)32-25)29-24-20(27)10-28-26(31-24)30-21-8-16(3)19(17-11-33(4)12-17)9-23(21)37-18-6-7-18/h8-10,13,15,17-18H,6-7,11-12,14H2,1-5H3,(H2,28,29,30,31). The summed E-state index contributed by atoms with van der Waals surface area (Å²) >= 11 is 6.41. The summed E-state index contributed by atoms with van der Waals surface area (Å²) in [5, 5.41) is 10.8. The van der Waals surface area contributed by atoms with Crippen molar-refractivity contribution in [3.63, 3.8) is 0 Å². The maximum Gasteiger partial charge on any atom is 0.229 e. The number of aromatic nitrogens is 4. The summed E-state index contributed by atoms with van der Waals surface area (Å²) in [6.45, 7) is 7.89. The maximum absolute atomic E-state index is 12.9. The number of hydrogen-bond donors (Lipinski definition) is 2. The number of anilines is 4. The van der Waals surface area contributed by atoms with Gasteiger partial charge in [-0.25, -0.2) is 13.4 Å². The summed E-state index contributed by atoms with van der Waals surface area (Å²) in [6, 6.07) is 4.22. The van der Waals surface area contributed by atoms with Gasteiger partial charge in [0.2, 0.25) is 11.0 Å². The number of likely N-dealkylation sites (tertiary alicyclic amines) is 1. The first-order chi connectivity index (χ1) is 18.0. The van der Waals surface area contributed by atoms with E-state index in [1.54, 1.807) is 13.2 Å². The zero-order chi connectivity index (χ0) is 27.2. The fourth-order valence-corrected chi connectivity index (χ4v) is 6.53. The van der Waals surface area contributed by atoms with E-state index in [-0.39, 0.29) is 33.6 Å². The molecule has 1 saturated heterocycles. The number of likely N-dealkylation sites (N-methyl/N-ethyl adjacent to an activating group) is 1. The van der Waals surface area contributed by atoms with Crippen LogP contribution in [0.2, 0.25) is 5.02 Å². The van der Waals surface area contributed by atoms with E-state index in [9.17, 15) is 8.42 Å². The predicted octanol–water partition coefficient (Wildman–Crippen LogP) is 4.66. The molecule has 38 heavy (non-hydrogen) atoms. The van der Waals surface area contributed by atoms with Gasteiger partial charge >= 0.3 is 0 Å². The summed E-state index contributed by atoms with van der Waals surface area (Å²) in [5.41, 5.74) is 3.57. The highest BCUT2D eigenvalue weighted by Gasteiger charge is 2.30. The van der Waals surface area contributed by atoms with Gasteiger partial charge in [-0.3, -0.25) is 4.68 Å². The van der Waals surface area contributed by atoms with Crippen LogP contribution in [0.3, 0.4) is 0 Å². The summed E-state index contributed by atoms with van der Waals surface area (Å²) in [5.74, 6) is 1.81. The summed E-state index contributed by atoms with van der Waals surface area (Å²) < 4.78 is 33.6. The third-order valence-electron chi connectivity index (χ3n) is 6.58. The van der Waals surface area contributed by atoms with E-state index in [1.165, 1.54) is 22.0 Å². The van der Waals surface area contributed by atoms with Crippen LogP contribution >= 0.6 is 11.6 Å². The number of sulfone groups is 1. The van der Waals surface area contributed by atoms with Crippen LogP contribution in [-0.4, -0.2) is 65.1 Å². The molecular weight excluding hydrogens is 526 g/mol. The molecule has 2 aromatic heterocycles. The Hall–Kier alpha value is -2.89. The van der Waals surface area contributed by atoms with E-state index in [0.717, 1.165) is 37.4 Å². The summed E-state index contributed by atoms with van der Waals surface area (Å²) in [7, 11) is 0.191. The zero-order valence-electron chi connectivity index (χ0n) is 22.3. The molecule has 3 heterocycles. The molecule has 204 valence electrons. The quantitative estimate of drug-likeness (QED) is 0.366. The van der Waals surface area contributed by atoms with Gasteiger partial charge in [-0.05, 0) is 56.0 Å². The van der Waals surface area contributed by atoms with Crippen molar-refractivity contribution in [3.05, 3.63) is 40.7 Å². The number of ether oxygens (including phenoxy) is 1. The Kier molecular flexibility index (Phi) is 7.27. The molecule has 5 rings (SSSR count).